The second kappa shape index (κ2) is 7.58. The molecule has 1 unspecified atom stereocenters. The Balaban J connectivity index is 2.05. The maximum absolute atomic E-state index is 12.3. The van der Waals surface area contributed by atoms with E-state index in [1.807, 2.05) is 44.2 Å². The number of aryl methyl sites for hydroxylation is 1. The first-order chi connectivity index (χ1) is 11.0. The Labute approximate surface area is 136 Å². The summed E-state index contributed by atoms with van der Waals surface area (Å²) in [6.07, 6.45) is 0.251. The van der Waals surface area contributed by atoms with E-state index in [-0.39, 0.29) is 18.2 Å². The summed E-state index contributed by atoms with van der Waals surface area (Å²) in [5, 5.41) is 12.0. The molecule has 0 radical (unpaired) electrons. The molecule has 2 aromatic rings. The Morgan fingerprint density at radius 3 is 2.26 bits per heavy atom. The van der Waals surface area contributed by atoms with Gasteiger partial charge in [-0.2, -0.15) is 0 Å². The lowest BCUT2D eigenvalue weighted by Gasteiger charge is -2.18. The third-order valence-corrected chi connectivity index (χ3v) is 3.90. The van der Waals surface area contributed by atoms with Crippen molar-refractivity contribution in [2.45, 2.75) is 32.2 Å². The molecule has 0 aliphatic carbocycles. The predicted molar refractivity (Wildman–Crippen MR) is 89.2 cm³/mol. The van der Waals surface area contributed by atoms with Gasteiger partial charge in [0.1, 0.15) is 0 Å². The van der Waals surface area contributed by atoms with Crippen molar-refractivity contribution in [1.29, 1.82) is 0 Å². The fraction of sp³-hybridized carbons (Fsp3) is 0.263. The van der Waals surface area contributed by atoms with Crippen molar-refractivity contribution in [2.75, 3.05) is 0 Å². The van der Waals surface area contributed by atoms with Crippen molar-refractivity contribution in [3.63, 3.8) is 0 Å². The highest BCUT2D eigenvalue weighted by molar-refractivity contribution is 5.84. The van der Waals surface area contributed by atoms with E-state index in [2.05, 4.69) is 5.32 Å². The normalized spacial score (nSPS) is 13.1. The first kappa shape index (κ1) is 16.7. The molecule has 0 fully saturated rings. The molecule has 2 rings (SSSR count). The number of rotatable bonds is 6. The molecule has 0 saturated heterocycles. The molecule has 0 spiro atoms. The van der Waals surface area contributed by atoms with Gasteiger partial charge >= 0.3 is 5.97 Å². The molecule has 0 saturated carbocycles. The molecule has 0 heterocycles. The van der Waals surface area contributed by atoms with Crippen molar-refractivity contribution in [1.82, 2.24) is 5.32 Å². The first-order valence-corrected chi connectivity index (χ1v) is 7.61. The second-order valence-electron chi connectivity index (χ2n) is 5.71. The highest BCUT2D eigenvalue weighted by Crippen LogP contribution is 2.23. The van der Waals surface area contributed by atoms with Crippen LogP contribution in [0.4, 0.5) is 0 Å². The standard InChI is InChI=1S/C19H21NO3/c1-13-8-6-7-11-16(13)14(2)12-17(21)20-18(19(22)23)15-9-4-3-5-10-15/h3-11,14,18H,12H2,1-2H3,(H,20,21)(H,22,23)/t14?,18-/m0/s1. The summed E-state index contributed by atoms with van der Waals surface area (Å²) >= 11 is 0. The average molecular weight is 311 g/mol. The van der Waals surface area contributed by atoms with Gasteiger partial charge in [0.15, 0.2) is 6.04 Å². The number of carboxylic acids is 1. The van der Waals surface area contributed by atoms with Crippen molar-refractivity contribution in [3.8, 4) is 0 Å². The highest BCUT2D eigenvalue weighted by atomic mass is 16.4. The van der Waals surface area contributed by atoms with Crippen LogP contribution >= 0.6 is 0 Å². The zero-order chi connectivity index (χ0) is 16.8. The van der Waals surface area contributed by atoms with Crippen LogP contribution in [-0.4, -0.2) is 17.0 Å². The third-order valence-electron chi connectivity index (χ3n) is 3.90. The minimum Gasteiger partial charge on any atom is -0.479 e. The summed E-state index contributed by atoms with van der Waals surface area (Å²) in [4.78, 5) is 23.7. The van der Waals surface area contributed by atoms with Gasteiger partial charge in [0.2, 0.25) is 5.91 Å². The number of benzene rings is 2. The molecule has 0 aliphatic heterocycles. The molecule has 2 atom stereocenters. The van der Waals surface area contributed by atoms with Crippen LogP contribution < -0.4 is 5.32 Å². The topological polar surface area (TPSA) is 66.4 Å². The van der Waals surface area contributed by atoms with E-state index in [0.29, 0.717) is 5.56 Å². The Bertz CT molecular complexity index is 682. The molecule has 0 bridgehead atoms. The van der Waals surface area contributed by atoms with Gasteiger partial charge in [-0.05, 0) is 29.5 Å². The van der Waals surface area contributed by atoms with Crippen molar-refractivity contribution >= 4 is 11.9 Å². The Hall–Kier alpha value is -2.62. The monoisotopic (exact) mass is 311 g/mol. The van der Waals surface area contributed by atoms with Gasteiger partial charge < -0.3 is 10.4 Å². The minimum absolute atomic E-state index is 0.0291. The van der Waals surface area contributed by atoms with Crippen LogP contribution in [0, 0.1) is 6.92 Å². The molecular formula is C19H21NO3. The van der Waals surface area contributed by atoms with Crippen LogP contribution in [0.2, 0.25) is 0 Å². The number of amides is 1. The van der Waals surface area contributed by atoms with E-state index in [9.17, 15) is 14.7 Å². The maximum atomic E-state index is 12.3. The summed E-state index contributed by atoms with van der Waals surface area (Å²) in [6, 6.07) is 15.6. The summed E-state index contributed by atoms with van der Waals surface area (Å²) < 4.78 is 0. The zero-order valence-corrected chi connectivity index (χ0v) is 13.3. The molecule has 2 aromatic carbocycles. The number of carboxylic acid groups (broad SMARTS) is 1. The van der Waals surface area contributed by atoms with Crippen LogP contribution in [0.25, 0.3) is 0 Å². The van der Waals surface area contributed by atoms with Gasteiger partial charge in [-0.3, -0.25) is 4.79 Å². The van der Waals surface area contributed by atoms with Gasteiger partial charge in [0.05, 0.1) is 0 Å². The Morgan fingerprint density at radius 1 is 1.04 bits per heavy atom. The van der Waals surface area contributed by atoms with Crippen molar-refractivity contribution in [3.05, 3.63) is 71.3 Å². The number of hydrogen-bond donors (Lipinski definition) is 2. The predicted octanol–water partition coefficient (Wildman–Crippen LogP) is 3.43. The molecule has 4 nitrogen and oxygen atoms in total. The largest absolute Gasteiger partial charge is 0.479 e. The lowest BCUT2D eigenvalue weighted by Crippen LogP contribution is -2.34. The van der Waals surface area contributed by atoms with E-state index in [1.54, 1.807) is 24.3 Å². The van der Waals surface area contributed by atoms with E-state index in [1.165, 1.54) is 0 Å². The van der Waals surface area contributed by atoms with Crippen LogP contribution in [0.15, 0.2) is 54.6 Å². The lowest BCUT2D eigenvalue weighted by molar-refractivity contribution is -0.142. The first-order valence-electron chi connectivity index (χ1n) is 7.61. The van der Waals surface area contributed by atoms with E-state index < -0.39 is 12.0 Å². The Kier molecular flexibility index (Phi) is 5.52. The molecule has 120 valence electrons. The van der Waals surface area contributed by atoms with Crippen LogP contribution in [0.5, 0.6) is 0 Å². The van der Waals surface area contributed by atoms with E-state index in [4.69, 9.17) is 0 Å². The Morgan fingerprint density at radius 2 is 1.65 bits per heavy atom. The van der Waals surface area contributed by atoms with Crippen molar-refractivity contribution in [2.24, 2.45) is 0 Å². The smallest absolute Gasteiger partial charge is 0.330 e. The van der Waals surface area contributed by atoms with Gasteiger partial charge in [-0.25, -0.2) is 4.79 Å². The van der Waals surface area contributed by atoms with Crippen molar-refractivity contribution < 1.29 is 14.7 Å². The molecule has 4 heteroatoms. The minimum atomic E-state index is -1.06. The van der Waals surface area contributed by atoms with Gasteiger partial charge in [-0.15, -0.1) is 0 Å². The molecule has 23 heavy (non-hydrogen) atoms. The lowest BCUT2D eigenvalue weighted by atomic mass is 9.93. The highest BCUT2D eigenvalue weighted by Gasteiger charge is 2.23. The number of nitrogens with one attached hydrogen (secondary N) is 1. The summed E-state index contributed by atoms with van der Waals surface area (Å²) in [7, 11) is 0. The summed E-state index contributed by atoms with van der Waals surface area (Å²) in [5.74, 6) is -1.30. The molecule has 2 N–H and O–H groups in total. The SMILES string of the molecule is Cc1ccccc1C(C)CC(=O)N[C@H](C(=O)O)c1ccccc1. The van der Waals surface area contributed by atoms with Gasteiger partial charge in [-0.1, -0.05) is 61.5 Å². The average Bonchev–Trinajstić information content (AvgIpc) is 2.53. The maximum Gasteiger partial charge on any atom is 0.330 e. The molecule has 0 aliphatic rings. The van der Waals surface area contributed by atoms with E-state index in [0.717, 1.165) is 11.1 Å². The molecule has 0 aromatic heterocycles. The van der Waals surface area contributed by atoms with Crippen LogP contribution in [0.3, 0.4) is 0 Å². The number of carbonyl (C=O) groups is 2. The molecule has 1 amide bonds. The van der Waals surface area contributed by atoms with Crippen LogP contribution in [0.1, 0.15) is 42.0 Å². The van der Waals surface area contributed by atoms with E-state index >= 15 is 0 Å². The van der Waals surface area contributed by atoms with Gasteiger partial charge in [0, 0.05) is 6.42 Å². The van der Waals surface area contributed by atoms with Gasteiger partial charge in [0.25, 0.3) is 0 Å². The fourth-order valence-electron chi connectivity index (χ4n) is 2.68. The summed E-state index contributed by atoms with van der Waals surface area (Å²) in [6.45, 7) is 3.98. The third kappa shape index (κ3) is 4.42. The quantitative estimate of drug-likeness (QED) is 0.859. The molecular weight excluding hydrogens is 290 g/mol. The fourth-order valence-corrected chi connectivity index (χ4v) is 2.68. The number of carbonyl (C=O) groups excluding carboxylic acids is 1. The van der Waals surface area contributed by atoms with Crippen LogP contribution in [-0.2, 0) is 9.59 Å². The zero-order valence-electron chi connectivity index (χ0n) is 13.3. The summed E-state index contributed by atoms with van der Waals surface area (Å²) in [5.41, 5.74) is 2.80. The number of hydrogen-bond acceptors (Lipinski definition) is 2. The second-order valence-corrected chi connectivity index (χ2v) is 5.71. The number of aliphatic carboxylic acids is 1.